The number of rotatable bonds is 5. The number of hydrogen-bond donors (Lipinski definition) is 1. The van der Waals surface area contributed by atoms with Crippen LogP contribution in [0, 0.1) is 0 Å². The molecule has 0 bridgehead atoms. The van der Waals surface area contributed by atoms with E-state index in [1.165, 1.54) is 101 Å². The van der Waals surface area contributed by atoms with E-state index in [4.69, 9.17) is 0 Å². The molecule has 1 aliphatic heterocycles. The van der Waals surface area contributed by atoms with Gasteiger partial charge in [0.25, 0.3) is 0 Å². The van der Waals surface area contributed by atoms with Gasteiger partial charge in [0.05, 0.1) is 0 Å². The molecule has 3 aliphatic rings. The van der Waals surface area contributed by atoms with Crippen molar-refractivity contribution in [1.29, 1.82) is 0 Å². The zero-order chi connectivity index (χ0) is 20.9. The van der Waals surface area contributed by atoms with Gasteiger partial charge in [-0.1, -0.05) is 93.5 Å². The zero-order valence-electron chi connectivity index (χ0n) is 19.3. The van der Waals surface area contributed by atoms with Crippen LogP contribution in [0.5, 0.6) is 0 Å². The van der Waals surface area contributed by atoms with Crippen LogP contribution >= 0.6 is 0 Å². The van der Waals surface area contributed by atoms with Crippen molar-refractivity contribution < 1.29 is 0 Å². The number of piperidine rings is 1. The van der Waals surface area contributed by atoms with Gasteiger partial charge in [-0.25, -0.2) is 0 Å². The first-order chi connectivity index (χ1) is 15.4. The topological polar surface area (TPSA) is 12.0 Å². The van der Waals surface area contributed by atoms with Crippen LogP contribution in [-0.2, 0) is 0 Å². The van der Waals surface area contributed by atoms with Crippen LogP contribution in [0.2, 0.25) is 0 Å². The molecular weight excluding hydrogens is 374 g/mol. The maximum absolute atomic E-state index is 3.87. The average Bonchev–Trinajstić information content (AvgIpc) is 2.87. The highest BCUT2D eigenvalue weighted by Gasteiger charge is 2.27. The van der Waals surface area contributed by atoms with E-state index in [0.29, 0.717) is 12.0 Å². The van der Waals surface area contributed by atoms with E-state index in [9.17, 15) is 0 Å². The lowest BCUT2D eigenvalue weighted by Crippen LogP contribution is -2.39. The van der Waals surface area contributed by atoms with Gasteiger partial charge < -0.3 is 5.32 Å². The molecule has 1 N–H and O–H groups in total. The van der Waals surface area contributed by atoms with E-state index in [2.05, 4.69) is 53.8 Å². The Labute approximate surface area is 190 Å². The van der Waals surface area contributed by atoms with Gasteiger partial charge in [0, 0.05) is 12.0 Å². The minimum Gasteiger partial charge on any atom is -0.313 e. The molecule has 1 heteroatoms. The van der Waals surface area contributed by atoms with Crippen LogP contribution in [0.3, 0.4) is 0 Å². The first kappa shape index (κ1) is 21.3. The van der Waals surface area contributed by atoms with E-state index in [1.807, 2.05) is 0 Å². The quantitative estimate of drug-likeness (QED) is 0.521. The third-order valence-corrected chi connectivity index (χ3v) is 8.50. The van der Waals surface area contributed by atoms with Crippen molar-refractivity contribution in [2.24, 2.45) is 0 Å². The average molecular weight is 416 g/mol. The van der Waals surface area contributed by atoms with Crippen molar-refractivity contribution in [2.45, 2.75) is 107 Å². The molecule has 1 saturated heterocycles. The second-order valence-corrected chi connectivity index (χ2v) is 10.5. The minimum atomic E-state index is 0.473. The fourth-order valence-corrected chi connectivity index (χ4v) is 6.64. The normalized spacial score (nSPS) is 23.8. The van der Waals surface area contributed by atoms with Crippen LogP contribution in [-0.4, -0.2) is 12.6 Å². The van der Waals surface area contributed by atoms with E-state index in [0.717, 1.165) is 11.8 Å². The van der Waals surface area contributed by atoms with Crippen LogP contribution in [0.25, 0.3) is 0 Å². The van der Waals surface area contributed by atoms with Gasteiger partial charge in [-0.2, -0.15) is 0 Å². The zero-order valence-corrected chi connectivity index (χ0v) is 19.3. The predicted octanol–water partition coefficient (Wildman–Crippen LogP) is 8.06. The third-order valence-electron chi connectivity index (χ3n) is 8.50. The summed E-state index contributed by atoms with van der Waals surface area (Å²) >= 11 is 0. The molecule has 0 unspecified atom stereocenters. The summed E-state index contributed by atoms with van der Waals surface area (Å²) in [6, 6.07) is 20.2. The molecule has 1 atom stereocenters. The summed E-state index contributed by atoms with van der Waals surface area (Å²) in [4.78, 5) is 0. The molecule has 2 aliphatic carbocycles. The highest BCUT2D eigenvalue weighted by atomic mass is 14.9. The van der Waals surface area contributed by atoms with Gasteiger partial charge >= 0.3 is 0 Å². The Morgan fingerprint density at radius 2 is 0.968 bits per heavy atom. The Morgan fingerprint density at radius 3 is 1.39 bits per heavy atom. The Hall–Kier alpha value is -1.60. The van der Waals surface area contributed by atoms with E-state index >= 15 is 0 Å². The van der Waals surface area contributed by atoms with Crippen molar-refractivity contribution in [3.63, 3.8) is 0 Å². The molecule has 0 aromatic heterocycles. The van der Waals surface area contributed by atoms with Crippen LogP contribution < -0.4 is 5.32 Å². The second-order valence-electron chi connectivity index (χ2n) is 10.5. The highest BCUT2D eigenvalue weighted by Crippen LogP contribution is 2.37. The molecule has 5 rings (SSSR count). The van der Waals surface area contributed by atoms with Crippen molar-refractivity contribution >= 4 is 0 Å². The summed E-state index contributed by atoms with van der Waals surface area (Å²) in [6.07, 6.45) is 18.0. The number of hydrogen-bond acceptors (Lipinski definition) is 1. The van der Waals surface area contributed by atoms with E-state index < -0.39 is 0 Å². The van der Waals surface area contributed by atoms with Gasteiger partial charge in [0.2, 0.25) is 0 Å². The van der Waals surface area contributed by atoms with Gasteiger partial charge in [0.15, 0.2) is 0 Å². The van der Waals surface area contributed by atoms with Crippen LogP contribution in [0.4, 0.5) is 0 Å². The first-order valence-corrected chi connectivity index (χ1v) is 13.3. The fraction of sp³-hybridized carbons (Fsp3) is 0.600. The standard InChI is InChI=1S/C30H41N/c1-3-9-23(10-4-1)25-14-18-27(19-15-25)30(29-13-7-8-22-31-29)28-20-16-26(17-21-28)24-11-5-2-6-12-24/h14-21,23-24,29-31H,1-13,22H2/t29-/m0/s1. The molecule has 31 heavy (non-hydrogen) atoms. The number of nitrogens with one attached hydrogen (secondary N) is 1. The molecule has 0 spiro atoms. The molecule has 166 valence electrons. The van der Waals surface area contributed by atoms with Gasteiger partial charge in [-0.3, -0.25) is 0 Å². The summed E-state index contributed by atoms with van der Waals surface area (Å²) in [5.74, 6) is 2.06. The lowest BCUT2D eigenvalue weighted by molar-refractivity contribution is 0.372. The molecule has 2 aromatic carbocycles. The maximum atomic E-state index is 3.87. The maximum Gasteiger partial charge on any atom is 0.0243 e. The van der Waals surface area contributed by atoms with Crippen LogP contribution in [0.15, 0.2) is 48.5 Å². The Bertz CT molecular complexity index is 726. The first-order valence-electron chi connectivity index (χ1n) is 13.3. The molecular formula is C30H41N. The largest absolute Gasteiger partial charge is 0.313 e. The van der Waals surface area contributed by atoms with Crippen molar-refractivity contribution in [3.8, 4) is 0 Å². The molecule has 2 saturated carbocycles. The molecule has 0 amide bonds. The summed E-state index contributed by atoms with van der Waals surface area (Å²) in [5.41, 5.74) is 6.16. The Morgan fingerprint density at radius 1 is 0.516 bits per heavy atom. The van der Waals surface area contributed by atoms with Crippen LogP contribution in [0.1, 0.15) is 123 Å². The van der Waals surface area contributed by atoms with Crippen molar-refractivity contribution in [1.82, 2.24) is 5.32 Å². The fourth-order valence-electron chi connectivity index (χ4n) is 6.64. The lowest BCUT2D eigenvalue weighted by atomic mass is 9.78. The SMILES string of the molecule is c1cc(C(c2ccc(C3CCCCC3)cc2)[C@@H]2CCCCN2)ccc1C1CCCCC1. The third kappa shape index (κ3) is 5.08. The highest BCUT2D eigenvalue weighted by molar-refractivity contribution is 5.39. The summed E-state index contributed by atoms with van der Waals surface area (Å²) in [7, 11) is 0. The van der Waals surface area contributed by atoms with E-state index in [1.54, 1.807) is 11.1 Å². The Balaban J connectivity index is 1.39. The van der Waals surface area contributed by atoms with Gasteiger partial charge in [-0.05, 0) is 79.2 Å². The minimum absolute atomic E-state index is 0.473. The van der Waals surface area contributed by atoms with Crippen molar-refractivity contribution in [2.75, 3.05) is 6.54 Å². The smallest absolute Gasteiger partial charge is 0.0243 e. The second kappa shape index (κ2) is 10.3. The molecule has 1 nitrogen and oxygen atoms in total. The molecule has 0 radical (unpaired) electrons. The Kier molecular flexibility index (Phi) is 7.09. The summed E-state index contributed by atoms with van der Waals surface area (Å²) < 4.78 is 0. The van der Waals surface area contributed by atoms with E-state index in [-0.39, 0.29) is 0 Å². The molecule has 2 aromatic rings. The molecule has 1 heterocycles. The summed E-state index contributed by atoms with van der Waals surface area (Å²) in [6.45, 7) is 1.17. The molecule has 3 fully saturated rings. The predicted molar refractivity (Wildman–Crippen MR) is 132 cm³/mol. The summed E-state index contributed by atoms with van der Waals surface area (Å²) in [5, 5.41) is 3.87. The monoisotopic (exact) mass is 415 g/mol. The lowest BCUT2D eigenvalue weighted by Gasteiger charge is -2.33. The van der Waals surface area contributed by atoms with Gasteiger partial charge in [-0.15, -0.1) is 0 Å². The van der Waals surface area contributed by atoms with Gasteiger partial charge in [0.1, 0.15) is 0 Å². The number of benzene rings is 2. The van der Waals surface area contributed by atoms with Crippen molar-refractivity contribution in [3.05, 3.63) is 70.8 Å².